The standard InChI is InChI=1S/C12H19N3O2.5C3H4O4/c13-5-6-15-8-11(14)7-9-1-3-10(4-2-9)12(16)17;5*4-2(5)1-3(6)7/h1-4,11,15H,5-8,13-14H2,(H,16,17);5*1H2,(H,4,5)(H,6,7). The van der Waals surface area contributed by atoms with Gasteiger partial charge in [0.05, 0.1) is 5.56 Å². The Hall–Kier alpha value is -6.73. The molecular weight excluding hydrogens is 718 g/mol. The first-order chi connectivity index (χ1) is 23.8. The minimum Gasteiger partial charge on any atom is -0.481 e. The summed E-state index contributed by atoms with van der Waals surface area (Å²) in [7, 11) is 0. The maximum atomic E-state index is 10.7. The third-order valence-electron chi connectivity index (χ3n) is 3.94. The lowest BCUT2D eigenvalue weighted by molar-refractivity contribution is -0.149. The maximum absolute atomic E-state index is 10.7. The number of carbonyl (C=O) groups is 11. The van der Waals surface area contributed by atoms with Crippen molar-refractivity contribution in [2.24, 2.45) is 11.5 Å². The second-order valence-corrected chi connectivity index (χ2v) is 8.78. The van der Waals surface area contributed by atoms with E-state index in [0.29, 0.717) is 18.7 Å². The molecule has 0 saturated heterocycles. The number of aromatic carboxylic acids is 1. The lowest BCUT2D eigenvalue weighted by atomic mass is 10.0. The van der Waals surface area contributed by atoms with Crippen molar-refractivity contribution in [3.8, 4) is 0 Å². The summed E-state index contributed by atoms with van der Waals surface area (Å²) < 4.78 is 0. The van der Waals surface area contributed by atoms with E-state index >= 15 is 0 Å². The van der Waals surface area contributed by atoms with Crippen LogP contribution in [0, 0.1) is 0 Å². The fraction of sp³-hybridized carbons (Fsp3) is 0.370. The van der Waals surface area contributed by atoms with Gasteiger partial charge in [0, 0.05) is 25.7 Å². The molecule has 0 amide bonds. The summed E-state index contributed by atoms with van der Waals surface area (Å²) in [6, 6.07) is 6.80. The highest BCUT2D eigenvalue weighted by Gasteiger charge is 2.06. The van der Waals surface area contributed by atoms with Crippen LogP contribution in [0.25, 0.3) is 0 Å². The number of nitrogens with two attached hydrogens (primary N) is 2. The lowest BCUT2D eigenvalue weighted by Crippen LogP contribution is -2.37. The molecule has 0 aliphatic heterocycles. The van der Waals surface area contributed by atoms with Crippen molar-refractivity contribution in [3.05, 3.63) is 35.4 Å². The van der Waals surface area contributed by atoms with Gasteiger partial charge in [0.2, 0.25) is 0 Å². The summed E-state index contributed by atoms with van der Waals surface area (Å²) in [6.45, 7) is 2.06. The van der Waals surface area contributed by atoms with E-state index in [9.17, 15) is 52.7 Å². The minimum absolute atomic E-state index is 0.0113. The first-order valence-electron chi connectivity index (χ1n) is 13.4. The van der Waals surface area contributed by atoms with Gasteiger partial charge in [-0.3, -0.25) is 47.9 Å². The van der Waals surface area contributed by atoms with Crippen LogP contribution in [0.4, 0.5) is 0 Å². The van der Waals surface area contributed by atoms with E-state index in [1.165, 1.54) is 0 Å². The molecular formula is C27H39N3O22. The summed E-state index contributed by atoms with van der Waals surface area (Å²) in [5.74, 6) is -14.0. The number of rotatable bonds is 17. The Bertz CT molecular complexity index is 1120. The van der Waals surface area contributed by atoms with Gasteiger partial charge in [-0.1, -0.05) is 12.1 Å². The average Bonchev–Trinajstić information content (AvgIpc) is 2.91. The number of hydrogen-bond acceptors (Lipinski definition) is 14. The van der Waals surface area contributed by atoms with E-state index in [0.717, 1.165) is 18.5 Å². The summed E-state index contributed by atoms with van der Waals surface area (Å²) in [6.07, 6.45) is -3.31. The fourth-order valence-electron chi connectivity index (χ4n) is 2.19. The largest absolute Gasteiger partial charge is 0.481 e. The molecule has 25 nitrogen and oxygen atoms in total. The highest BCUT2D eigenvalue weighted by Crippen LogP contribution is 2.06. The van der Waals surface area contributed by atoms with Gasteiger partial charge in [0.15, 0.2) is 0 Å². The maximum Gasteiger partial charge on any atom is 0.335 e. The average molecular weight is 758 g/mol. The molecule has 52 heavy (non-hydrogen) atoms. The summed E-state index contributed by atoms with van der Waals surface area (Å²) in [4.78, 5) is 105. The Balaban J connectivity index is -0.000000181. The lowest BCUT2D eigenvalue weighted by Gasteiger charge is -2.12. The molecule has 0 fully saturated rings. The Morgan fingerprint density at radius 1 is 0.481 bits per heavy atom. The Labute approximate surface area is 291 Å². The van der Waals surface area contributed by atoms with Crippen LogP contribution in [0.3, 0.4) is 0 Å². The zero-order valence-electron chi connectivity index (χ0n) is 26.8. The van der Waals surface area contributed by atoms with Gasteiger partial charge in [-0.25, -0.2) is 4.79 Å². The van der Waals surface area contributed by atoms with Gasteiger partial charge >= 0.3 is 65.7 Å². The van der Waals surface area contributed by atoms with Gasteiger partial charge in [0.1, 0.15) is 32.1 Å². The van der Waals surface area contributed by atoms with Crippen molar-refractivity contribution in [1.29, 1.82) is 0 Å². The molecule has 0 spiro atoms. The first-order valence-corrected chi connectivity index (χ1v) is 13.4. The minimum atomic E-state index is -1.31. The summed E-state index contributed by atoms with van der Waals surface area (Å²) >= 11 is 0. The number of carboxylic acid groups (broad SMARTS) is 11. The topological polar surface area (TPSA) is 474 Å². The molecule has 0 aliphatic carbocycles. The van der Waals surface area contributed by atoms with Crippen molar-refractivity contribution in [2.45, 2.75) is 44.6 Å². The van der Waals surface area contributed by atoms with Crippen molar-refractivity contribution in [2.75, 3.05) is 19.6 Å². The van der Waals surface area contributed by atoms with E-state index < -0.39 is 97.8 Å². The SMILES string of the molecule is NCCNCC(N)Cc1ccc(C(=O)O)cc1.O=C(O)CC(=O)O.O=C(O)CC(=O)O.O=C(O)CC(=O)O.O=C(O)CC(=O)O.O=C(O)CC(=O)O. The molecule has 0 aliphatic rings. The molecule has 0 aromatic heterocycles. The molecule has 0 heterocycles. The number of carboxylic acids is 11. The molecule has 1 rings (SSSR count). The van der Waals surface area contributed by atoms with Crippen LogP contribution >= 0.6 is 0 Å². The number of nitrogens with one attached hydrogen (secondary N) is 1. The number of benzene rings is 1. The zero-order chi connectivity index (χ0) is 42.0. The molecule has 0 bridgehead atoms. The van der Waals surface area contributed by atoms with Gasteiger partial charge in [0.25, 0.3) is 0 Å². The van der Waals surface area contributed by atoms with Crippen LogP contribution in [0.1, 0.15) is 48.0 Å². The Morgan fingerprint density at radius 3 is 0.904 bits per heavy atom. The summed E-state index contributed by atoms with van der Waals surface area (Å²) in [5.41, 5.74) is 12.6. The quantitative estimate of drug-likeness (QED) is 0.0578. The smallest absolute Gasteiger partial charge is 0.335 e. The Morgan fingerprint density at radius 2 is 0.731 bits per heavy atom. The molecule has 1 atom stereocenters. The highest BCUT2D eigenvalue weighted by molar-refractivity contribution is 5.90. The fourth-order valence-corrected chi connectivity index (χ4v) is 2.19. The van der Waals surface area contributed by atoms with Crippen molar-refractivity contribution in [3.63, 3.8) is 0 Å². The van der Waals surface area contributed by atoms with Crippen LogP contribution in [0.5, 0.6) is 0 Å². The van der Waals surface area contributed by atoms with E-state index in [-0.39, 0.29) is 6.04 Å². The molecule has 1 aromatic rings. The van der Waals surface area contributed by atoms with E-state index in [1.54, 1.807) is 24.3 Å². The first kappa shape index (κ1) is 54.7. The van der Waals surface area contributed by atoms with Crippen LogP contribution in [-0.4, -0.2) is 148 Å². The van der Waals surface area contributed by atoms with Crippen molar-refractivity contribution >= 4 is 65.7 Å². The third-order valence-corrected chi connectivity index (χ3v) is 3.94. The van der Waals surface area contributed by atoms with Gasteiger partial charge < -0.3 is 73.0 Å². The van der Waals surface area contributed by atoms with Crippen LogP contribution in [0.2, 0.25) is 0 Å². The molecule has 0 radical (unpaired) electrons. The van der Waals surface area contributed by atoms with Gasteiger partial charge in [-0.15, -0.1) is 0 Å². The molecule has 0 saturated carbocycles. The molecule has 25 heteroatoms. The third kappa shape index (κ3) is 58.8. The number of aliphatic carboxylic acids is 10. The normalized spacial score (nSPS) is 9.42. The monoisotopic (exact) mass is 757 g/mol. The highest BCUT2D eigenvalue weighted by atomic mass is 16.4. The summed E-state index contributed by atoms with van der Waals surface area (Å²) in [5, 5.41) is 88.9. The second kappa shape index (κ2) is 34.1. The number of hydrogen-bond donors (Lipinski definition) is 14. The van der Waals surface area contributed by atoms with Gasteiger partial charge in [-0.05, 0) is 24.1 Å². The van der Waals surface area contributed by atoms with E-state index in [4.69, 9.17) is 67.6 Å². The van der Waals surface area contributed by atoms with Crippen LogP contribution < -0.4 is 16.8 Å². The molecule has 294 valence electrons. The predicted octanol–water partition coefficient (Wildman–Crippen LogP) is -2.47. The molecule has 16 N–H and O–H groups in total. The molecule has 1 aromatic carbocycles. The van der Waals surface area contributed by atoms with E-state index in [2.05, 4.69) is 5.32 Å². The van der Waals surface area contributed by atoms with Crippen molar-refractivity contribution in [1.82, 2.24) is 5.32 Å². The predicted molar refractivity (Wildman–Crippen MR) is 166 cm³/mol. The second-order valence-electron chi connectivity index (χ2n) is 8.78. The van der Waals surface area contributed by atoms with Gasteiger partial charge in [-0.2, -0.15) is 0 Å². The van der Waals surface area contributed by atoms with Crippen LogP contribution in [-0.2, 0) is 54.4 Å². The van der Waals surface area contributed by atoms with E-state index in [1.807, 2.05) is 0 Å². The zero-order valence-corrected chi connectivity index (χ0v) is 26.8. The van der Waals surface area contributed by atoms with Crippen LogP contribution in [0.15, 0.2) is 24.3 Å². The Kier molecular flexibility index (Phi) is 35.9. The van der Waals surface area contributed by atoms with Crippen molar-refractivity contribution < 1.29 is 109 Å². The molecule has 1 unspecified atom stereocenters.